The number of carbonyl (C=O) groups is 1. The molecular formula is C13H22O2. The van der Waals surface area contributed by atoms with E-state index in [9.17, 15) is 4.79 Å². The van der Waals surface area contributed by atoms with Crippen molar-refractivity contribution in [3.8, 4) is 0 Å². The van der Waals surface area contributed by atoms with Gasteiger partial charge in [0.05, 0.1) is 6.61 Å². The van der Waals surface area contributed by atoms with Crippen molar-refractivity contribution in [1.82, 2.24) is 0 Å². The van der Waals surface area contributed by atoms with Gasteiger partial charge in [0, 0.05) is 6.92 Å². The summed E-state index contributed by atoms with van der Waals surface area (Å²) < 4.78 is 4.84. The van der Waals surface area contributed by atoms with E-state index in [1.54, 1.807) is 6.08 Å². The first-order chi connectivity index (χ1) is 7.27. The van der Waals surface area contributed by atoms with Gasteiger partial charge in [0.15, 0.2) is 0 Å². The highest BCUT2D eigenvalue weighted by atomic mass is 16.5. The van der Waals surface area contributed by atoms with Gasteiger partial charge in [0.25, 0.3) is 0 Å². The lowest BCUT2D eigenvalue weighted by Crippen LogP contribution is -1.99. The van der Waals surface area contributed by atoms with E-state index in [4.69, 9.17) is 4.74 Å². The number of hydrogen-bond donors (Lipinski definition) is 0. The highest BCUT2D eigenvalue weighted by Crippen LogP contribution is 2.06. The molecule has 0 unspecified atom stereocenters. The van der Waals surface area contributed by atoms with E-state index in [-0.39, 0.29) is 5.97 Å². The van der Waals surface area contributed by atoms with Gasteiger partial charge in [-0.3, -0.25) is 4.79 Å². The molecule has 0 aromatic heterocycles. The van der Waals surface area contributed by atoms with Gasteiger partial charge in [-0.1, -0.05) is 44.1 Å². The van der Waals surface area contributed by atoms with Crippen LogP contribution in [-0.2, 0) is 9.53 Å². The molecule has 0 bridgehead atoms. The fraction of sp³-hybridized carbons (Fsp3) is 0.615. The summed E-state index contributed by atoms with van der Waals surface area (Å²) in [5.74, 6) is -0.176. The average Bonchev–Trinajstić information content (AvgIpc) is 2.20. The second-order valence-electron chi connectivity index (χ2n) is 3.56. The van der Waals surface area contributed by atoms with Crippen LogP contribution in [-0.4, -0.2) is 12.6 Å². The molecule has 0 aliphatic rings. The van der Waals surface area contributed by atoms with Crippen LogP contribution in [0.3, 0.4) is 0 Å². The number of ether oxygens (including phenoxy) is 1. The van der Waals surface area contributed by atoms with E-state index in [0.29, 0.717) is 6.61 Å². The number of hydrogen-bond acceptors (Lipinski definition) is 2. The van der Waals surface area contributed by atoms with Crippen LogP contribution >= 0.6 is 0 Å². The monoisotopic (exact) mass is 210 g/mol. The van der Waals surface area contributed by atoms with Crippen LogP contribution in [0.25, 0.3) is 0 Å². The minimum absolute atomic E-state index is 0.176. The highest BCUT2D eigenvalue weighted by Gasteiger charge is 1.93. The quantitative estimate of drug-likeness (QED) is 0.330. The minimum Gasteiger partial charge on any atom is -0.466 e. The Hall–Kier alpha value is -1.05. The molecule has 0 atom stereocenters. The van der Waals surface area contributed by atoms with Crippen LogP contribution in [0.15, 0.2) is 24.8 Å². The maximum atomic E-state index is 10.4. The lowest BCUT2D eigenvalue weighted by atomic mass is 10.1. The number of esters is 1. The van der Waals surface area contributed by atoms with Gasteiger partial charge >= 0.3 is 5.97 Å². The molecule has 0 aliphatic heterocycles. The number of allylic oxidation sites excluding steroid dienone is 3. The van der Waals surface area contributed by atoms with E-state index in [1.807, 2.05) is 6.08 Å². The summed E-state index contributed by atoms with van der Waals surface area (Å²) in [6.07, 6.45) is 12.9. The van der Waals surface area contributed by atoms with Gasteiger partial charge in [-0.2, -0.15) is 0 Å². The van der Waals surface area contributed by atoms with Crippen molar-refractivity contribution >= 4 is 5.97 Å². The van der Waals surface area contributed by atoms with Crippen LogP contribution in [0.1, 0.15) is 45.4 Å². The van der Waals surface area contributed by atoms with Gasteiger partial charge in [-0.15, -0.1) is 0 Å². The fourth-order valence-corrected chi connectivity index (χ4v) is 1.30. The van der Waals surface area contributed by atoms with Gasteiger partial charge in [-0.25, -0.2) is 0 Å². The number of carbonyl (C=O) groups excluding carboxylic acids is 1. The Morgan fingerprint density at radius 1 is 1.20 bits per heavy atom. The summed E-state index contributed by atoms with van der Waals surface area (Å²) in [6, 6.07) is 0. The molecule has 0 rings (SSSR count). The zero-order chi connectivity index (χ0) is 11.4. The largest absolute Gasteiger partial charge is 0.466 e. The third-order valence-corrected chi connectivity index (χ3v) is 2.09. The zero-order valence-corrected chi connectivity index (χ0v) is 9.71. The van der Waals surface area contributed by atoms with Crippen molar-refractivity contribution < 1.29 is 9.53 Å². The predicted molar refractivity (Wildman–Crippen MR) is 63.7 cm³/mol. The lowest BCUT2D eigenvalue weighted by molar-refractivity contribution is -0.141. The Labute approximate surface area is 93.0 Å². The molecule has 0 fully saturated rings. The van der Waals surface area contributed by atoms with Gasteiger partial charge in [0.2, 0.25) is 0 Å². The second-order valence-corrected chi connectivity index (χ2v) is 3.56. The Balaban J connectivity index is 3.01. The summed E-state index contributed by atoms with van der Waals surface area (Å²) in [5.41, 5.74) is 0. The zero-order valence-electron chi connectivity index (χ0n) is 9.71. The van der Waals surface area contributed by atoms with Crippen molar-refractivity contribution in [2.45, 2.75) is 45.4 Å². The van der Waals surface area contributed by atoms with Gasteiger partial charge in [-0.05, 0) is 19.3 Å². The summed E-state index contributed by atoms with van der Waals surface area (Å²) in [4.78, 5) is 10.4. The summed E-state index contributed by atoms with van der Waals surface area (Å²) in [5, 5.41) is 0. The van der Waals surface area contributed by atoms with Crippen molar-refractivity contribution in [2.24, 2.45) is 0 Å². The maximum absolute atomic E-state index is 10.4. The molecule has 0 aromatic carbocycles. The van der Waals surface area contributed by atoms with Gasteiger partial charge < -0.3 is 4.74 Å². The molecule has 86 valence electrons. The van der Waals surface area contributed by atoms with Crippen LogP contribution < -0.4 is 0 Å². The molecule has 0 radical (unpaired) electrons. The first-order valence-electron chi connectivity index (χ1n) is 5.68. The Morgan fingerprint density at radius 2 is 1.87 bits per heavy atom. The van der Waals surface area contributed by atoms with Crippen molar-refractivity contribution in [3.63, 3.8) is 0 Å². The second kappa shape index (κ2) is 11.0. The van der Waals surface area contributed by atoms with E-state index in [2.05, 4.69) is 12.7 Å². The van der Waals surface area contributed by atoms with Crippen LogP contribution in [0.5, 0.6) is 0 Å². The number of unbranched alkanes of at least 4 members (excludes halogenated alkanes) is 5. The molecular weight excluding hydrogens is 188 g/mol. The molecule has 0 aromatic rings. The third-order valence-electron chi connectivity index (χ3n) is 2.09. The van der Waals surface area contributed by atoms with E-state index in [0.717, 1.165) is 19.3 Å². The smallest absolute Gasteiger partial charge is 0.302 e. The third kappa shape index (κ3) is 12.9. The normalized spacial score (nSPS) is 10.5. The molecule has 2 heteroatoms. The van der Waals surface area contributed by atoms with E-state index < -0.39 is 0 Å². The van der Waals surface area contributed by atoms with Gasteiger partial charge in [0.1, 0.15) is 0 Å². The summed E-state index contributed by atoms with van der Waals surface area (Å²) >= 11 is 0. The molecule has 0 N–H and O–H groups in total. The number of rotatable bonds is 9. The topological polar surface area (TPSA) is 26.3 Å². The van der Waals surface area contributed by atoms with Crippen molar-refractivity contribution in [3.05, 3.63) is 24.8 Å². The molecule has 0 saturated carbocycles. The molecule has 15 heavy (non-hydrogen) atoms. The SMILES string of the molecule is C=CC=CCCCCCCCOC(C)=O. The lowest BCUT2D eigenvalue weighted by Gasteiger charge is -2.01. The summed E-state index contributed by atoms with van der Waals surface area (Å²) in [7, 11) is 0. The van der Waals surface area contributed by atoms with Crippen LogP contribution in [0.2, 0.25) is 0 Å². The molecule has 0 heterocycles. The Morgan fingerprint density at radius 3 is 2.53 bits per heavy atom. The molecule has 0 aliphatic carbocycles. The van der Waals surface area contributed by atoms with Crippen molar-refractivity contribution in [1.29, 1.82) is 0 Å². The van der Waals surface area contributed by atoms with Crippen LogP contribution in [0.4, 0.5) is 0 Å². The Bertz CT molecular complexity index is 195. The van der Waals surface area contributed by atoms with Crippen LogP contribution in [0, 0.1) is 0 Å². The predicted octanol–water partition coefficient (Wildman–Crippen LogP) is 3.63. The fourth-order valence-electron chi connectivity index (χ4n) is 1.30. The Kier molecular flexibility index (Phi) is 10.3. The highest BCUT2D eigenvalue weighted by molar-refractivity contribution is 5.65. The van der Waals surface area contributed by atoms with E-state index >= 15 is 0 Å². The standard InChI is InChI=1S/C13H22O2/c1-3-4-5-6-7-8-9-10-11-12-15-13(2)14/h3-5H,1,6-12H2,2H3. The maximum Gasteiger partial charge on any atom is 0.302 e. The molecule has 0 spiro atoms. The average molecular weight is 210 g/mol. The van der Waals surface area contributed by atoms with Crippen molar-refractivity contribution in [2.75, 3.05) is 6.61 Å². The first kappa shape index (κ1) is 13.9. The molecule has 0 amide bonds. The minimum atomic E-state index is -0.176. The van der Waals surface area contributed by atoms with E-state index in [1.165, 1.54) is 26.2 Å². The summed E-state index contributed by atoms with van der Waals surface area (Å²) in [6.45, 7) is 5.64. The molecule has 2 nitrogen and oxygen atoms in total. The molecule has 0 saturated heterocycles. The first-order valence-corrected chi connectivity index (χ1v) is 5.68.